The number of phosphoric acid groups is 1. The number of hydrogen-bond acceptors (Lipinski definition) is 34. The van der Waals surface area contributed by atoms with Gasteiger partial charge in [0.05, 0.1) is 129 Å². The molecule has 0 bridgehead atoms. The first-order chi connectivity index (χ1) is 59.8. The molecule has 4 saturated carbocycles. The van der Waals surface area contributed by atoms with E-state index in [1.165, 1.54) is 62.9 Å². The Morgan fingerprint density at radius 1 is 0.515 bits per heavy atom. The third kappa shape index (κ3) is 49.1. The van der Waals surface area contributed by atoms with Gasteiger partial charge in [0.1, 0.15) is 24.1 Å². The van der Waals surface area contributed by atoms with Crippen LogP contribution in [-0.2, 0) is 130 Å². The molecule has 738 valence electrons. The maximum Gasteiger partial charge on any atom is 1.00 e. The van der Waals surface area contributed by atoms with E-state index in [-0.39, 0.29) is 166 Å². The van der Waals surface area contributed by atoms with Gasteiger partial charge in [0.15, 0.2) is 6.35 Å². The number of nitrogens with zero attached hydrogens (tertiary/aromatic N) is 5. The Morgan fingerprint density at radius 3 is 1.21 bits per heavy atom. The largest absolute Gasteiger partial charge is 1.00 e. The smallest absolute Gasteiger partial charge is 1.00 e. The van der Waals surface area contributed by atoms with Crippen molar-refractivity contribution in [3.05, 3.63) is 107 Å². The summed E-state index contributed by atoms with van der Waals surface area (Å²) in [5.41, 5.74) is -1.95. The standard InChI is InChI=1S/C25H36N5O8PS.C14H16N4O3S.C12H22NO5P.C12H23O6P.C7H12O3.C6H12F3O6PS.2CH4.Na.H/c1-4-36-39(33,37-5-2)38-21-10-8-20(9-11-21)29-25(32)30-40(34,35)22-12-6-19(7-13-22)14-15-26-24(31)23-17-27-18(3)16-28-23;1-10-8-18-13(9-17-10)14(19)16-7-6-11-2-4-12(5-3-11)22(15,20)21;1-3-17-19(15,18-4-2)10-16-12-7-5-11(6-8-12)13-9-14;1-3-17-19(15,18-4-2)9-16-11-7-5-10(6-8-11)12(13)14;8-6-3-1-5(2-4-6)7(9)10;1-3-13-16(10,14-4-2)5-15-17(11,12)6(7,8)9;;;;/h6-7,12-13,16-17,20-21H,4-5,8-11,14-15H2,1-3H3,(H,26,31)(H2,29,30,32);2-5,8-9H,6-7H2,1H3,(H,16,19)(H2,15,20,21);11-12H,3-8,10H2,1-2H3;10-11H,3-9H2,1-2H3,(H,13,14);5-6,8H,1-4H2,(H,9,10);3-5H2,1-2H3;2*1H4;;/q;;;;;;;;+1;-1. The molecule has 4 aliphatic carbocycles. The number of carboxylic acids is 2. The van der Waals surface area contributed by atoms with Crippen molar-refractivity contribution in [2.75, 3.05) is 85.0 Å². The number of aliphatic carboxylic acids is 2. The quantitative estimate of drug-likeness (QED) is 0.00510. The topological polar surface area (TPSA) is 583 Å². The summed E-state index contributed by atoms with van der Waals surface area (Å²) in [4.78, 5) is 87.5. The summed E-state index contributed by atoms with van der Waals surface area (Å²) < 4.78 is 215. The minimum atomic E-state index is -5.80. The molecule has 9 N–H and O–H groups in total. The number of benzene rings is 2. The number of ether oxygens (including phenoxy) is 2. The third-order valence-electron chi connectivity index (χ3n) is 18.5. The van der Waals surface area contributed by atoms with Crippen molar-refractivity contribution >= 4 is 96.6 Å². The molecule has 4 amide bonds. The van der Waals surface area contributed by atoms with Crippen LogP contribution in [0.2, 0.25) is 0 Å². The van der Waals surface area contributed by atoms with Crippen LogP contribution < -0.4 is 55.4 Å². The van der Waals surface area contributed by atoms with E-state index in [4.69, 9.17) is 61.6 Å². The first-order valence-corrected chi connectivity index (χ1v) is 52.2. The molecule has 2 aromatic heterocycles. The van der Waals surface area contributed by atoms with Crippen LogP contribution >= 0.6 is 30.6 Å². The van der Waals surface area contributed by atoms with Crippen LogP contribution in [0.5, 0.6) is 0 Å². The van der Waals surface area contributed by atoms with Gasteiger partial charge in [-0.25, -0.2) is 55.8 Å². The van der Waals surface area contributed by atoms with Crippen molar-refractivity contribution in [2.24, 2.45) is 22.0 Å². The summed E-state index contributed by atoms with van der Waals surface area (Å²) in [5, 5.41) is 39.6. The zero-order valence-electron chi connectivity index (χ0n) is 74.7. The van der Waals surface area contributed by atoms with Crippen LogP contribution in [0.3, 0.4) is 0 Å². The molecule has 130 heavy (non-hydrogen) atoms. The number of urea groups is 1. The number of halogens is 3. The summed E-state index contributed by atoms with van der Waals surface area (Å²) in [7, 11) is -27.5. The summed E-state index contributed by atoms with van der Waals surface area (Å²) in [6, 6.07) is 11.2. The van der Waals surface area contributed by atoms with E-state index >= 15 is 0 Å². The number of nitrogens with one attached hydrogen (secondary N) is 4. The number of amides is 4. The number of carbonyl (C=O) groups is 5. The van der Waals surface area contributed by atoms with Crippen molar-refractivity contribution in [3.8, 4) is 0 Å². The van der Waals surface area contributed by atoms with E-state index in [0.717, 1.165) is 42.5 Å². The summed E-state index contributed by atoms with van der Waals surface area (Å²) in [6.45, 7) is 19.0. The molecule has 0 radical (unpaired) electrons. The predicted octanol–water partition coefficient (Wildman–Crippen LogP) is 10.5. The third-order valence-corrected chi connectivity index (χ3v) is 28.9. The van der Waals surface area contributed by atoms with E-state index in [1.807, 2.05) is 4.72 Å². The number of rotatable bonds is 42. The van der Waals surface area contributed by atoms with Gasteiger partial charge >= 0.3 is 93.8 Å². The van der Waals surface area contributed by atoms with Gasteiger partial charge in [-0.05, 0) is 220 Å². The second kappa shape index (κ2) is 63.5. The monoisotopic (exact) mass is 2000 g/mol. The van der Waals surface area contributed by atoms with Crippen molar-refractivity contribution in [1.29, 1.82) is 0 Å². The molecular weight excluding hydrogens is 1870 g/mol. The van der Waals surface area contributed by atoms with Crippen molar-refractivity contribution in [1.82, 2.24) is 40.6 Å². The fraction of sp³-hybridized carbons (Fsp3) is 0.667. The molecule has 0 atom stereocenters. The number of phosphoric ester groups is 1. The van der Waals surface area contributed by atoms with Crippen LogP contribution in [-0.4, -0.2) is 223 Å². The molecule has 52 heteroatoms. The van der Waals surface area contributed by atoms with Gasteiger partial charge in [0, 0.05) is 31.5 Å². The van der Waals surface area contributed by atoms with Crippen LogP contribution in [0.1, 0.15) is 218 Å². The number of alkyl halides is 3. The Labute approximate surface area is 784 Å². The van der Waals surface area contributed by atoms with Gasteiger partial charge in [-0.2, -0.15) is 21.6 Å². The van der Waals surface area contributed by atoms with Gasteiger partial charge < -0.3 is 69.3 Å². The molecule has 0 aliphatic heterocycles. The number of aliphatic imine (C=N–C) groups is 1. The fourth-order valence-corrected chi connectivity index (χ4v) is 20.0. The first-order valence-electron chi connectivity index (χ1n) is 41.1. The van der Waals surface area contributed by atoms with Crippen molar-refractivity contribution in [2.45, 2.75) is 251 Å². The van der Waals surface area contributed by atoms with Crippen molar-refractivity contribution in [3.63, 3.8) is 0 Å². The molecule has 2 aromatic carbocycles. The Kier molecular flexibility index (Phi) is 60.6. The van der Waals surface area contributed by atoms with Gasteiger partial charge in [-0.1, -0.05) is 39.1 Å². The normalized spacial score (nSPS) is 18.8. The number of sulfonamides is 2. The van der Waals surface area contributed by atoms with Crippen LogP contribution in [0, 0.1) is 25.7 Å². The minimum Gasteiger partial charge on any atom is -1.00 e. The molecule has 0 unspecified atom stereocenters. The maximum absolute atomic E-state index is 12.7. The van der Waals surface area contributed by atoms with E-state index in [2.05, 4.69) is 54.1 Å². The number of aliphatic hydroxyl groups is 1. The summed E-state index contributed by atoms with van der Waals surface area (Å²) >= 11 is 0. The van der Waals surface area contributed by atoms with Gasteiger partial charge in [-0.3, -0.25) is 60.6 Å². The zero-order chi connectivity index (χ0) is 95.1. The Bertz CT molecular complexity index is 4510. The molecule has 0 saturated heterocycles. The van der Waals surface area contributed by atoms with E-state index in [9.17, 15) is 85.5 Å². The Hall–Kier alpha value is -5.87. The van der Waals surface area contributed by atoms with Gasteiger partial charge in [-0.15, -0.1) is 0 Å². The average molecular weight is 2000 g/mol. The maximum atomic E-state index is 12.7. The molecular formula is C78H130F3N10NaO31P4S3. The number of carboxylic acid groups (broad SMARTS) is 2. The second-order valence-corrected chi connectivity index (χ2v) is 40.7. The minimum absolute atomic E-state index is 0. The van der Waals surface area contributed by atoms with Gasteiger partial charge in [0.25, 0.3) is 21.8 Å². The molecule has 8 rings (SSSR count). The number of hydrogen-bond donors (Lipinski definition) is 8. The summed E-state index contributed by atoms with van der Waals surface area (Å²) in [5.74, 6) is -2.58. The second-order valence-electron chi connectivity index (χ2n) is 28.3. The number of isocyanates is 1. The van der Waals surface area contributed by atoms with E-state index in [1.54, 1.807) is 85.7 Å². The van der Waals surface area contributed by atoms with Crippen LogP contribution in [0.4, 0.5) is 18.0 Å². The van der Waals surface area contributed by atoms with Crippen molar-refractivity contribution < 1.29 is 186 Å². The number of nitrogens with two attached hydrogens (primary N) is 1. The number of carbonyl (C=O) groups excluding carboxylic acids is 4. The average Bonchev–Trinajstić information content (AvgIpc) is 0.832. The number of primary sulfonamides is 1. The number of aromatic nitrogens is 4. The Balaban J connectivity index is 0. The van der Waals surface area contributed by atoms with E-state index < -0.39 is 90.6 Å². The number of aryl methyl sites for hydroxylation is 2. The summed E-state index contributed by atoms with van der Waals surface area (Å²) in [6.07, 6.45) is 16.8. The first kappa shape index (κ1) is 124. The van der Waals surface area contributed by atoms with Crippen LogP contribution in [0.15, 0.2) is 88.1 Å². The molecule has 4 aliphatic rings. The van der Waals surface area contributed by atoms with E-state index in [0.29, 0.717) is 135 Å². The molecule has 4 aromatic rings. The zero-order valence-corrected chi connectivity index (χ0v) is 81.7. The SMILES string of the molecule is C.C.CCOP(=O)(COC1CCC(C(=O)O)CC1)OCC.CCOP(=O)(COC1CCC(N=C=O)CC1)OCC.CCOP(=O)(COS(=O)(=O)C(F)(F)F)OCC.CCOP(=O)(OCC)OC1CCC(NC(=O)NS(=O)(=O)c2ccc(CCNC(=O)c3cnc(C)cn3)cc2)CC1.Cc1cnc(C(=O)NCCc2ccc(S(N)(=O)=O)cc2)cn1.O=C(O)C1CCC(O)CC1.[H-].[Na+]. The number of aliphatic hydroxyl groups excluding tert-OH is 1. The molecule has 41 nitrogen and oxygen atoms in total. The van der Waals surface area contributed by atoms with Crippen LogP contribution in [0.25, 0.3) is 0 Å². The molecule has 0 spiro atoms. The molecule has 4 fully saturated rings. The molecule has 2 heterocycles. The fourth-order valence-electron chi connectivity index (χ4n) is 12.2. The predicted molar refractivity (Wildman–Crippen MR) is 470 cm³/mol. The Morgan fingerprint density at radius 2 is 0.869 bits per heavy atom. The van der Waals surface area contributed by atoms with Gasteiger partial charge in [0.2, 0.25) is 16.1 Å².